The van der Waals surface area contributed by atoms with Gasteiger partial charge in [0.15, 0.2) is 0 Å². The van der Waals surface area contributed by atoms with Crippen LogP contribution in [0.1, 0.15) is 12.8 Å². The number of nitrogens with zero attached hydrogens (tertiary/aromatic N) is 2. The van der Waals surface area contributed by atoms with E-state index >= 15 is 0 Å². The lowest BCUT2D eigenvalue weighted by Crippen LogP contribution is -2.44. The van der Waals surface area contributed by atoms with Gasteiger partial charge in [0.2, 0.25) is 0 Å². The van der Waals surface area contributed by atoms with E-state index in [9.17, 15) is 5.11 Å². The molecule has 1 rings (SSSR count). The van der Waals surface area contributed by atoms with Crippen molar-refractivity contribution in [1.82, 2.24) is 9.80 Å². The van der Waals surface area contributed by atoms with Crippen LogP contribution in [0.25, 0.3) is 0 Å². The highest BCUT2D eigenvalue weighted by atomic mass is 16.2. The van der Waals surface area contributed by atoms with Crippen molar-refractivity contribution >= 4 is 0 Å². The molecule has 71 valence electrons. The molecule has 1 aliphatic rings. The minimum absolute atomic E-state index is 0.0910. The van der Waals surface area contributed by atoms with Gasteiger partial charge in [0, 0.05) is 26.2 Å². The Kier molecular flexibility index (Phi) is 4.58. The van der Waals surface area contributed by atoms with E-state index in [-0.39, 0.29) is 6.61 Å². The van der Waals surface area contributed by atoms with E-state index in [1.807, 2.05) is 0 Å². The zero-order valence-electron chi connectivity index (χ0n) is 7.96. The number of unbranched alkanes of at least 4 members (excludes halogenated alkanes) is 1. The van der Waals surface area contributed by atoms with Gasteiger partial charge < -0.3 is 9.80 Å². The standard InChI is InChI=1S/C9H19N2O/c1-10-5-7-11(8-6-10)4-2-3-9-12/h2-9H2,1H3. The van der Waals surface area contributed by atoms with Gasteiger partial charge in [-0.05, 0) is 26.4 Å². The molecule has 1 radical (unpaired) electrons. The highest BCUT2D eigenvalue weighted by Crippen LogP contribution is 2.00. The summed E-state index contributed by atoms with van der Waals surface area (Å²) in [4.78, 5) is 4.81. The van der Waals surface area contributed by atoms with E-state index in [1.165, 1.54) is 26.2 Å². The van der Waals surface area contributed by atoms with Gasteiger partial charge in [0.05, 0.1) is 6.61 Å². The predicted octanol–water partition coefficient (Wildman–Crippen LogP) is 0.444. The Bertz CT molecular complexity index is 111. The Labute approximate surface area is 75.0 Å². The van der Waals surface area contributed by atoms with Gasteiger partial charge in [-0.25, -0.2) is 5.11 Å². The van der Waals surface area contributed by atoms with Crippen LogP contribution in [0, 0.1) is 0 Å². The summed E-state index contributed by atoms with van der Waals surface area (Å²) in [5.74, 6) is 0. The number of likely N-dealkylation sites (N-methyl/N-ethyl adjacent to an activating group) is 1. The van der Waals surface area contributed by atoms with Crippen LogP contribution in [0.3, 0.4) is 0 Å². The first-order valence-corrected chi connectivity index (χ1v) is 4.82. The van der Waals surface area contributed by atoms with Gasteiger partial charge in [0.1, 0.15) is 0 Å². The molecule has 1 aliphatic heterocycles. The number of hydrogen-bond donors (Lipinski definition) is 0. The summed E-state index contributed by atoms with van der Waals surface area (Å²) >= 11 is 0. The van der Waals surface area contributed by atoms with E-state index in [1.54, 1.807) is 0 Å². The van der Waals surface area contributed by atoms with Crippen LogP contribution in [-0.2, 0) is 5.11 Å². The summed E-state index contributed by atoms with van der Waals surface area (Å²) in [7, 11) is 2.16. The first-order chi connectivity index (χ1) is 5.83. The molecule has 1 fully saturated rings. The van der Waals surface area contributed by atoms with Crippen LogP contribution in [0.4, 0.5) is 0 Å². The molecular formula is C9H19N2O. The van der Waals surface area contributed by atoms with Crippen LogP contribution < -0.4 is 0 Å². The van der Waals surface area contributed by atoms with Crippen LogP contribution >= 0.6 is 0 Å². The molecule has 0 saturated carbocycles. The smallest absolute Gasteiger partial charge is 0.0822 e. The zero-order valence-corrected chi connectivity index (χ0v) is 7.96. The fourth-order valence-electron chi connectivity index (χ4n) is 1.51. The van der Waals surface area contributed by atoms with Crippen molar-refractivity contribution in [3.63, 3.8) is 0 Å². The molecule has 0 aromatic carbocycles. The lowest BCUT2D eigenvalue weighted by molar-refractivity contribution is 0.141. The second-order valence-electron chi connectivity index (χ2n) is 3.56. The van der Waals surface area contributed by atoms with E-state index in [2.05, 4.69) is 16.8 Å². The normalized spacial score (nSPS) is 21.5. The van der Waals surface area contributed by atoms with Gasteiger partial charge >= 0.3 is 0 Å². The van der Waals surface area contributed by atoms with Crippen LogP contribution in [0.5, 0.6) is 0 Å². The molecule has 0 aromatic heterocycles. The third kappa shape index (κ3) is 3.52. The third-order valence-electron chi connectivity index (χ3n) is 2.46. The molecule has 12 heavy (non-hydrogen) atoms. The van der Waals surface area contributed by atoms with E-state index < -0.39 is 0 Å². The van der Waals surface area contributed by atoms with Crippen LogP contribution in [0.15, 0.2) is 0 Å². The Morgan fingerprint density at radius 3 is 2.33 bits per heavy atom. The zero-order chi connectivity index (χ0) is 8.81. The Hall–Kier alpha value is -0.120. The maximum Gasteiger partial charge on any atom is 0.0822 e. The molecule has 1 saturated heterocycles. The number of rotatable bonds is 4. The van der Waals surface area contributed by atoms with E-state index in [0.29, 0.717) is 0 Å². The van der Waals surface area contributed by atoms with Crippen LogP contribution in [0.2, 0.25) is 0 Å². The Morgan fingerprint density at radius 2 is 1.75 bits per heavy atom. The molecule has 0 spiro atoms. The minimum Gasteiger partial charge on any atom is -0.304 e. The lowest BCUT2D eigenvalue weighted by atomic mass is 10.2. The second-order valence-corrected chi connectivity index (χ2v) is 3.56. The molecular weight excluding hydrogens is 152 g/mol. The van der Waals surface area contributed by atoms with Crippen molar-refractivity contribution in [2.75, 3.05) is 46.4 Å². The highest BCUT2D eigenvalue weighted by molar-refractivity contribution is 4.68. The fourth-order valence-corrected chi connectivity index (χ4v) is 1.51. The SMILES string of the molecule is CN1CCN(CCCC[O])CC1. The fraction of sp³-hybridized carbons (Fsp3) is 1.00. The molecule has 0 amide bonds. The average Bonchev–Trinajstić information content (AvgIpc) is 2.09. The number of hydrogen-bond acceptors (Lipinski definition) is 2. The lowest BCUT2D eigenvalue weighted by Gasteiger charge is -2.32. The highest BCUT2D eigenvalue weighted by Gasteiger charge is 2.12. The van der Waals surface area contributed by atoms with Crippen molar-refractivity contribution < 1.29 is 5.11 Å². The summed E-state index contributed by atoms with van der Waals surface area (Å²) in [6.45, 7) is 5.92. The van der Waals surface area contributed by atoms with Crippen molar-refractivity contribution in [2.45, 2.75) is 12.8 Å². The van der Waals surface area contributed by atoms with E-state index in [0.717, 1.165) is 19.4 Å². The maximum absolute atomic E-state index is 10.2. The first-order valence-electron chi connectivity index (χ1n) is 4.82. The van der Waals surface area contributed by atoms with Crippen LogP contribution in [-0.4, -0.2) is 56.2 Å². The van der Waals surface area contributed by atoms with Gasteiger partial charge in [-0.15, -0.1) is 0 Å². The summed E-state index contributed by atoms with van der Waals surface area (Å²) in [5.41, 5.74) is 0. The van der Waals surface area contributed by atoms with Gasteiger partial charge in [0.25, 0.3) is 0 Å². The van der Waals surface area contributed by atoms with Crippen molar-refractivity contribution in [1.29, 1.82) is 0 Å². The number of piperazine rings is 1. The topological polar surface area (TPSA) is 26.4 Å². The molecule has 1 heterocycles. The quantitative estimate of drug-likeness (QED) is 0.574. The second kappa shape index (κ2) is 5.51. The first kappa shape index (κ1) is 9.96. The third-order valence-corrected chi connectivity index (χ3v) is 2.46. The molecule has 0 aromatic rings. The molecule has 3 nitrogen and oxygen atoms in total. The molecule has 0 atom stereocenters. The summed E-state index contributed by atoms with van der Waals surface area (Å²) in [5, 5.41) is 10.2. The Morgan fingerprint density at radius 1 is 1.08 bits per heavy atom. The molecule has 3 heteroatoms. The van der Waals surface area contributed by atoms with Crippen molar-refractivity contribution in [2.24, 2.45) is 0 Å². The van der Waals surface area contributed by atoms with Gasteiger partial charge in [-0.1, -0.05) is 0 Å². The summed E-state index contributed by atoms with van der Waals surface area (Å²) < 4.78 is 0. The predicted molar refractivity (Wildman–Crippen MR) is 48.7 cm³/mol. The molecule has 0 bridgehead atoms. The van der Waals surface area contributed by atoms with Crippen molar-refractivity contribution in [3.8, 4) is 0 Å². The summed E-state index contributed by atoms with van der Waals surface area (Å²) in [6.07, 6.45) is 1.92. The maximum atomic E-state index is 10.2. The average molecular weight is 171 g/mol. The van der Waals surface area contributed by atoms with Gasteiger partial charge in [-0.2, -0.15) is 0 Å². The largest absolute Gasteiger partial charge is 0.304 e. The molecule has 0 N–H and O–H groups in total. The monoisotopic (exact) mass is 171 g/mol. The summed E-state index contributed by atoms with van der Waals surface area (Å²) in [6, 6.07) is 0. The molecule has 0 unspecified atom stereocenters. The minimum atomic E-state index is 0.0910. The van der Waals surface area contributed by atoms with Crippen molar-refractivity contribution in [3.05, 3.63) is 0 Å². The van der Waals surface area contributed by atoms with Gasteiger partial charge in [-0.3, -0.25) is 0 Å². The van der Waals surface area contributed by atoms with E-state index in [4.69, 9.17) is 0 Å². The molecule has 0 aliphatic carbocycles. The Balaban J connectivity index is 2.01.